The van der Waals surface area contributed by atoms with E-state index in [9.17, 15) is 9.18 Å². The number of amides is 2. The Morgan fingerprint density at radius 1 is 1.28 bits per heavy atom. The number of hydrogen-bond acceptors (Lipinski definition) is 4. The largest absolute Gasteiger partial charge is 0.379 e. The SMILES string of the molecule is CCCNC(=O)N(CCN1CCOCC1)Cc1nccn1Cc1ccc(F)cc1. The number of hydrogen-bond donors (Lipinski definition) is 1. The lowest BCUT2D eigenvalue weighted by atomic mass is 10.2. The molecule has 1 saturated heterocycles. The van der Waals surface area contributed by atoms with Crippen LogP contribution in [0.5, 0.6) is 0 Å². The van der Waals surface area contributed by atoms with Crippen molar-refractivity contribution in [2.45, 2.75) is 26.4 Å². The van der Waals surface area contributed by atoms with Crippen LogP contribution in [0.15, 0.2) is 36.7 Å². The summed E-state index contributed by atoms with van der Waals surface area (Å²) in [6.07, 6.45) is 4.52. The molecule has 7 nitrogen and oxygen atoms in total. The van der Waals surface area contributed by atoms with E-state index in [2.05, 4.69) is 15.2 Å². The first-order valence-electron chi connectivity index (χ1n) is 10.2. The van der Waals surface area contributed by atoms with Gasteiger partial charge in [0.2, 0.25) is 0 Å². The van der Waals surface area contributed by atoms with Gasteiger partial charge in [0.15, 0.2) is 0 Å². The number of nitrogens with one attached hydrogen (secondary N) is 1. The Hall–Kier alpha value is -2.45. The fourth-order valence-corrected chi connectivity index (χ4v) is 3.28. The third kappa shape index (κ3) is 6.54. The fourth-order valence-electron chi connectivity index (χ4n) is 3.28. The molecule has 158 valence electrons. The number of morpholine rings is 1. The molecule has 0 spiro atoms. The number of benzene rings is 1. The Morgan fingerprint density at radius 3 is 2.76 bits per heavy atom. The second-order valence-corrected chi connectivity index (χ2v) is 7.21. The molecule has 1 fully saturated rings. The summed E-state index contributed by atoms with van der Waals surface area (Å²) in [5.41, 5.74) is 0.987. The van der Waals surface area contributed by atoms with E-state index in [1.165, 1.54) is 12.1 Å². The number of nitrogens with zero attached hydrogens (tertiary/aromatic N) is 4. The number of halogens is 1. The summed E-state index contributed by atoms with van der Waals surface area (Å²) in [6, 6.07) is 6.38. The molecule has 8 heteroatoms. The maximum absolute atomic E-state index is 13.2. The maximum Gasteiger partial charge on any atom is 0.317 e. The van der Waals surface area contributed by atoms with Crippen molar-refractivity contribution >= 4 is 6.03 Å². The number of ether oxygens (including phenoxy) is 1. The van der Waals surface area contributed by atoms with Crippen molar-refractivity contribution in [2.75, 3.05) is 45.9 Å². The lowest BCUT2D eigenvalue weighted by Crippen LogP contribution is -2.46. The molecule has 0 radical (unpaired) electrons. The molecule has 0 aliphatic carbocycles. The minimum atomic E-state index is -0.249. The van der Waals surface area contributed by atoms with Gasteiger partial charge in [-0.05, 0) is 24.1 Å². The summed E-state index contributed by atoms with van der Waals surface area (Å²) in [7, 11) is 0. The first kappa shape index (κ1) is 21.3. The zero-order valence-electron chi connectivity index (χ0n) is 17.0. The second-order valence-electron chi connectivity index (χ2n) is 7.21. The number of rotatable bonds is 9. The van der Waals surface area contributed by atoms with Crippen LogP contribution in [0.25, 0.3) is 0 Å². The van der Waals surface area contributed by atoms with Crippen molar-refractivity contribution in [1.82, 2.24) is 24.7 Å². The molecule has 2 aromatic rings. The molecule has 0 saturated carbocycles. The molecule has 29 heavy (non-hydrogen) atoms. The van der Waals surface area contributed by atoms with Crippen LogP contribution in [0, 0.1) is 5.82 Å². The molecule has 1 N–H and O–H groups in total. The van der Waals surface area contributed by atoms with Gasteiger partial charge in [0.1, 0.15) is 11.6 Å². The third-order valence-corrected chi connectivity index (χ3v) is 5.00. The molecule has 3 rings (SSSR count). The number of carbonyl (C=O) groups excluding carboxylic acids is 1. The van der Waals surface area contributed by atoms with Gasteiger partial charge < -0.3 is 19.5 Å². The number of aromatic nitrogens is 2. The van der Waals surface area contributed by atoms with Gasteiger partial charge in [-0.1, -0.05) is 19.1 Å². The summed E-state index contributed by atoms with van der Waals surface area (Å²) in [6.45, 7) is 8.39. The standard InChI is InChI=1S/C21H30FN5O2/c1-2-7-24-21(28)27(11-10-25-12-14-29-15-13-25)17-20-23-8-9-26(20)16-18-3-5-19(22)6-4-18/h3-6,8-9H,2,7,10-17H2,1H3,(H,24,28). The summed E-state index contributed by atoms with van der Waals surface area (Å²) < 4.78 is 20.6. The van der Waals surface area contributed by atoms with Gasteiger partial charge in [-0.2, -0.15) is 0 Å². The number of imidazole rings is 1. The first-order chi connectivity index (χ1) is 14.2. The average molecular weight is 404 g/mol. The molecular formula is C21H30FN5O2. The van der Waals surface area contributed by atoms with Crippen LogP contribution in [0.2, 0.25) is 0 Å². The molecule has 2 heterocycles. The monoisotopic (exact) mass is 403 g/mol. The fraction of sp³-hybridized carbons (Fsp3) is 0.524. The summed E-state index contributed by atoms with van der Waals surface area (Å²) >= 11 is 0. The topological polar surface area (TPSA) is 62.6 Å². The lowest BCUT2D eigenvalue weighted by Gasteiger charge is -2.30. The van der Waals surface area contributed by atoms with Crippen LogP contribution in [-0.2, 0) is 17.8 Å². The van der Waals surface area contributed by atoms with E-state index in [0.717, 1.165) is 50.7 Å². The molecule has 0 bridgehead atoms. The molecule has 2 amide bonds. The zero-order chi connectivity index (χ0) is 20.5. The van der Waals surface area contributed by atoms with Crippen molar-refractivity contribution in [3.8, 4) is 0 Å². The summed E-state index contributed by atoms with van der Waals surface area (Å²) in [4.78, 5) is 21.3. The first-order valence-corrected chi connectivity index (χ1v) is 10.2. The summed E-state index contributed by atoms with van der Waals surface area (Å²) in [5.74, 6) is 0.560. The van der Waals surface area contributed by atoms with E-state index in [1.54, 1.807) is 18.3 Å². The molecule has 1 aromatic heterocycles. The van der Waals surface area contributed by atoms with Gasteiger partial charge in [-0.3, -0.25) is 4.90 Å². The van der Waals surface area contributed by atoms with Crippen LogP contribution in [0.3, 0.4) is 0 Å². The lowest BCUT2D eigenvalue weighted by molar-refractivity contribution is 0.0345. The third-order valence-electron chi connectivity index (χ3n) is 5.00. The Balaban J connectivity index is 1.65. The van der Waals surface area contributed by atoms with Crippen molar-refractivity contribution in [1.29, 1.82) is 0 Å². The molecular weight excluding hydrogens is 373 g/mol. The van der Waals surface area contributed by atoms with Gasteiger partial charge in [-0.15, -0.1) is 0 Å². The second kappa shape index (κ2) is 10.9. The molecule has 1 aliphatic rings. The van der Waals surface area contributed by atoms with Gasteiger partial charge in [0.05, 0.1) is 19.8 Å². The predicted octanol–water partition coefficient (Wildman–Crippen LogP) is 2.32. The van der Waals surface area contributed by atoms with Crippen molar-refractivity contribution < 1.29 is 13.9 Å². The van der Waals surface area contributed by atoms with Gasteiger partial charge in [0, 0.05) is 51.7 Å². The number of carbonyl (C=O) groups is 1. The quantitative estimate of drug-likeness (QED) is 0.698. The van der Waals surface area contributed by atoms with Crippen LogP contribution >= 0.6 is 0 Å². The minimum absolute atomic E-state index is 0.0727. The normalized spacial score (nSPS) is 14.7. The van der Waals surface area contributed by atoms with Gasteiger partial charge in [0.25, 0.3) is 0 Å². The molecule has 0 unspecified atom stereocenters. The molecule has 1 aliphatic heterocycles. The smallest absolute Gasteiger partial charge is 0.317 e. The van der Waals surface area contributed by atoms with Crippen LogP contribution < -0.4 is 5.32 Å². The Labute approximate surface area is 171 Å². The predicted molar refractivity (Wildman–Crippen MR) is 109 cm³/mol. The van der Waals surface area contributed by atoms with Gasteiger partial charge in [-0.25, -0.2) is 14.2 Å². The van der Waals surface area contributed by atoms with E-state index >= 15 is 0 Å². The maximum atomic E-state index is 13.2. The van der Waals surface area contributed by atoms with E-state index in [0.29, 0.717) is 26.2 Å². The van der Waals surface area contributed by atoms with E-state index in [1.807, 2.05) is 22.6 Å². The van der Waals surface area contributed by atoms with E-state index in [4.69, 9.17) is 4.74 Å². The van der Waals surface area contributed by atoms with Crippen molar-refractivity contribution in [3.05, 3.63) is 53.9 Å². The molecule has 0 atom stereocenters. The van der Waals surface area contributed by atoms with Crippen molar-refractivity contribution in [2.24, 2.45) is 0 Å². The zero-order valence-corrected chi connectivity index (χ0v) is 17.0. The minimum Gasteiger partial charge on any atom is -0.379 e. The highest BCUT2D eigenvalue weighted by atomic mass is 19.1. The van der Waals surface area contributed by atoms with Gasteiger partial charge >= 0.3 is 6.03 Å². The number of urea groups is 1. The highest BCUT2D eigenvalue weighted by molar-refractivity contribution is 5.74. The Morgan fingerprint density at radius 2 is 2.03 bits per heavy atom. The highest BCUT2D eigenvalue weighted by Gasteiger charge is 2.18. The van der Waals surface area contributed by atoms with Crippen molar-refractivity contribution in [3.63, 3.8) is 0 Å². The van der Waals surface area contributed by atoms with E-state index < -0.39 is 0 Å². The Kier molecular flexibility index (Phi) is 8.01. The molecule has 1 aromatic carbocycles. The average Bonchev–Trinajstić information content (AvgIpc) is 3.18. The van der Waals surface area contributed by atoms with Crippen LogP contribution in [0.4, 0.5) is 9.18 Å². The highest BCUT2D eigenvalue weighted by Crippen LogP contribution is 2.10. The Bertz CT molecular complexity index is 759. The van der Waals surface area contributed by atoms with E-state index in [-0.39, 0.29) is 11.8 Å². The van der Waals surface area contributed by atoms with Crippen LogP contribution in [-0.4, -0.2) is 71.3 Å². The summed E-state index contributed by atoms with van der Waals surface area (Å²) in [5, 5.41) is 2.97. The van der Waals surface area contributed by atoms with Crippen LogP contribution in [0.1, 0.15) is 24.7 Å².